The summed E-state index contributed by atoms with van der Waals surface area (Å²) in [5, 5.41) is 3.84. The van der Waals surface area contributed by atoms with Gasteiger partial charge in [-0.1, -0.05) is 37.3 Å². The zero-order valence-electron chi connectivity index (χ0n) is 18.1. The van der Waals surface area contributed by atoms with Crippen molar-refractivity contribution in [2.24, 2.45) is 0 Å². The molecule has 3 aromatic rings. The monoisotopic (exact) mass is 449 g/mol. The Balaban J connectivity index is 1.40. The summed E-state index contributed by atoms with van der Waals surface area (Å²) in [6, 6.07) is 15.2. The Morgan fingerprint density at radius 1 is 1.16 bits per heavy atom. The number of nitrogens with zero attached hydrogens (tertiary/aromatic N) is 2. The van der Waals surface area contributed by atoms with E-state index in [2.05, 4.69) is 10.3 Å². The molecule has 1 aromatic heterocycles. The molecule has 1 aliphatic heterocycles. The Kier molecular flexibility index (Phi) is 7.17. The van der Waals surface area contributed by atoms with Gasteiger partial charge in [-0.3, -0.25) is 9.59 Å². The number of benzene rings is 2. The van der Waals surface area contributed by atoms with E-state index in [0.717, 1.165) is 46.7 Å². The molecule has 0 spiro atoms. The number of likely N-dealkylation sites (tertiary alicyclic amines) is 1. The molecule has 4 rings (SSSR count). The third-order valence-corrected chi connectivity index (χ3v) is 6.52. The van der Waals surface area contributed by atoms with Crippen molar-refractivity contribution < 1.29 is 14.3 Å². The molecule has 0 bridgehead atoms. The predicted molar refractivity (Wildman–Crippen MR) is 128 cm³/mol. The van der Waals surface area contributed by atoms with Crippen molar-refractivity contribution >= 4 is 39.4 Å². The number of thiazole rings is 1. The highest BCUT2D eigenvalue weighted by Crippen LogP contribution is 2.28. The van der Waals surface area contributed by atoms with Gasteiger partial charge in [0.15, 0.2) is 6.61 Å². The smallest absolute Gasteiger partial charge is 0.260 e. The number of carbonyl (C=O) groups is 2. The van der Waals surface area contributed by atoms with Gasteiger partial charge in [0.1, 0.15) is 10.8 Å². The molecule has 2 amide bonds. The van der Waals surface area contributed by atoms with Crippen molar-refractivity contribution in [3.63, 3.8) is 0 Å². The fourth-order valence-electron chi connectivity index (χ4n) is 3.83. The van der Waals surface area contributed by atoms with Gasteiger partial charge in [-0.25, -0.2) is 4.98 Å². The molecule has 1 atom stereocenters. The second-order valence-electron chi connectivity index (χ2n) is 7.74. The second-order valence-corrected chi connectivity index (χ2v) is 8.80. The molecular weight excluding hydrogens is 422 g/mol. The van der Waals surface area contributed by atoms with Crippen molar-refractivity contribution in [2.45, 2.75) is 32.2 Å². The maximum Gasteiger partial charge on any atom is 0.260 e. The van der Waals surface area contributed by atoms with Gasteiger partial charge in [0.05, 0.1) is 16.3 Å². The van der Waals surface area contributed by atoms with Crippen LogP contribution in [0.15, 0.2) is 54.6 Å². The predicted octanol–water partition coefficient (Wildman–Crippen LogP) is 4.58. The van der Waals surface area contributed by atoms with Gasteiger partial charge >= 0.3 is 0 Å². The Bertz CT molecular complexity index is 1090. The second kappa shape index (κ2) is 10.4. The highest BCUT2D eigenvalue weighted by atomic mass is 32.1. The molecule has 2 heterocycles. The maximum absolute atomic E-state index is 12.6. The van der Waals surface area contributed by atoms with Gasteiger partial charge in [-0.15, -0.1) is 11.3 Å². The summed E-state index contributed by atoms with van der Waals surface area (Å²) in [6.45, 7) is 3.63. The van der Waals surface area contributed by atoms with Gasteiger partial charge in [0.25, 0.3) is 5.91 Å². The summed E-state index contributed by atoms with van der Waals surface area (Å²) in [4.78, 5) is 31.3. The van der Waals surface area contributed by atoms with Gasteiger partial charge in [-0.2, -0.15) is 0 Å². The van der Waals surface area contributed by atoms with Crippen molar-refractivity contribution in [3.05, 3.63) is 65.2 Å². The lowest BCUT2D eigenvalue weighted by atomic mass is 10.0. The third kappa shape index (κ3) is 5.34. The third-order valence-electron chi connectivity index (χ3n) is 5.52. The van der Waals surface area contributed by atoms with Crippen LogP contribution < -0.4 is 10.1 Å². The standard InChI is InChI=1S/C25H27N3O3S/c1-2-19(26-23(29)13-14-24-27-20-10-4-6-12-22(20)32-24)18-9-3-5-11-21(18)31-17-25(30)28-15-7-8-16-28/h3-6,9-14,19H,2,7-8,15-17H2,1H3,(H,26,29)/b14-13+. The molecule has 1 unspecified atom stereocenters. The average Bonchev–Trinajstić information content (AvgIpc) is 3.50. The molecule has 2 aromatic carbocycles. The molecule has 1 saturated heterocycles. The van der Waals surface area contributed by atoms with Crippen molar-refractivity contribution in [1.82, 2.24) is 15.2 Å². The number of ether oxygens (including phenoxy) is 1. The molecule has 1 aliphatic rings. The Hall–Kier alpha value is -3.19. The summed E-state index contributed by atoms with van der Waals surface area (Å²) in [5.74, 6) is 0.439. The lowest BCUT2D eigenvalue weighted by Crippen LogP contribution is -2.32. The first kappa shape index (κ1) is 22.0. The van der Waals surface area contributed by atoms with E-state index in [1.807, 2.05) is 60.4 Å². The Labute approximate surface area is 191 Å². The van der Waals surface area contributed by atoms with E-state index in [1.165, 1.54) is 6.08 Å². The minimum absolute atomic E-state index is 0.00755. The molecule has 0 saturated carbocycles. The van der Waals surface area contributed by atoms with Gasteiger partial charge in [0, 0.05) is 24.7 Å². The minimum atomic E-state index is -0.222. The molecule has 7 heteroatoms. The number of hydrogen-bond acceptors (Lipinski definition) is 5. The number of fused-ring (bicyclic) bond motifs is 1. The van der Waals surface area contributed by atoms with Gasteiger partial charge in [0.2, 0.25) is 5.91 Å². The number of nitrogens with one attached hydrogen (secondary N) is 1. The number of para-hydroxylation sites is 2. The molecule has 0 aliphatic carbocycles. The van der Waals surface area contributed by atoms with Crippen LogP contribution in [-0.4, -0.2) is 41.4 Å². The molecule has 1 N–H and O–H groups in total. The van der Waals surface area contributed by atoms with Crippen molar-refractivity contribution in [2.75, 3.05) is 19.7 Å². The van der Waals surface area contributed by atoms with E-state index in [1.54, 1.807) is 17.4 Å². The largest absolute Gasteiger partial charge is 0.483 e. The van der Waals surface area contributed by atoms with Crippen LogP contribution >= 0.6 is 11.3 Å². The summed E-state index contributed by atoms with van der Waals surface area (Å²) < 4.78 is 6.96. The first-order valence-corrected chi connectivity index (χ1v) is 11.8. The van der Waals surface area contributed by atoms with E-state index in [0.29, 0.717) is 12.2 Å². The fourth-order valence-corrected chi connectivity index (χ4v) is 4.70. The highest BCUT2D eigenvalue weighted by Gasteiger charge is 2.20. The number of rotatable bonds is 8. The molecule has 1 fully saturated rings. The molecular formula is C25H27N3O3S. The topological polar surface area (TPSA) is 71.5 Å². The zero-order valence-corrected chi connectivity index (χ0v) is 18.9. The average molecular weight is 450 g/mol. The van der Waals surface area contributed by atoms with Crippen LogP contribution in [0.2, 0.25) is 0 Å². The number of carbonyl (C=O) groups excluding carboxylic acids is 2. The number of hydrogen-bond donors (Lipinski definition) is 1. The lowest BCUT2D eigenvalue weighted by molar-refractivity contribution is -0.132. The first-order valence-electron chi connectivity index (χ1n) is 11.0. The van der Waals surface area contributed by atoms with Crippen LogP contribution in [0.1, 0.15) is 42.8 Å². The van der Waals surface area contributed by atoms with Crippen LogP contribution in [0.25, 0.3) is 16.3 Å². The van der Waals surface area contributed by atoms with Crippen LogP contribution in [0.3, 0.4) is 0 Å². The lowest BCUT2D eigenvalue weighted by Gasteiger charge is -2.21. The van der Waals surface area contributed by atoms with Crippen LogP contribution in [-0.2, 0) is 9.59 Å². The summed E-state index contributed by atoms with van der Waals surface area (Å²) in [7, 11) is 0. The molecule has 32 heavy (non-hydrogen) atoms. The molecule has 0 radical (unpaired) electrons. The van der Waals surface area contributed by atoms with E-state index in [-0.39, 0.29) is 24.5 Å². The molecule has 166 valence electrons. The summed E-state index contributed by atoms with van der Waals surface area (Å²) in [5.41, 5.74) is 1.80. The van der Waals surface area contributed by atoms with E-state index >= 15 is 0 Å². The van der Waals surface area contributed by atoms with Crippen LogP contribution in [0.5, 0.6) is 5.75 Å². The van der Waals surface area contributed by atoms with Gasteiger partial charge in [-0.05, 0) is 43.5 Å². The minimum Gasteiger partial charge on any atom is -0.483 e. The normalized spacial score (nSPS) is 14.7. The maximum atomic E-state index is 12.6. The molecule has 6 nitrogen and oxygen atoms in total. The number of amides is 2. The van der Waals surface area contributed by atoms with Crippen LogP contribution in [0, 0.1) is 0 Å². The van der Waals surface area contributed by atoms with E-state index in [9.17, 15) is 9.59 Å². The SMILES string of the molecule is CCC(NC(=O)/C=C/c1nc2ccccc2s1)c1ccccc1OCC(=O)N1CCCC1. The number of aromatic nitrogens is 1. The summed E-state index contributed by atoms with van der Waals surface area (Å²) in [6.07, 6.45) is 6.05. The van der Waals surface area contributed by atoms with Crippen molar-refractivity contribution in [1.29, 1.82) is 0 Å². The van der Waals surface area contributed by atoms with Crippen LogP contribution in [0.4, 0.5) is 0 Å². The van der Waals surface area contributed by atoms with Crippen molar-refractivity contribution in [3.8, 4) is 5.75 Å². The Morgan fingerprint density at radius 2 is 1.91 bits per heavy atom. The Morgan fingerprint density at radius 3 is 2.69 bits per heavy atom. The fraction of sp³-hybridized carbons (Fsp3) is 0.320. The van der Waals surface area contributed by atoms with Gasteiger partial charge < -0.3 is 15.0 Å². The summed E-state index contributed by atoms with van der Waals surface area (Å²) >= 11 is 1.55. The first-order chi connectivity index (χ1) is 15.6. The zero-order chi connectivity index (χ0) is 22.3. The highest BCUT2D eigenvalue weighted by molar-refractivity contribution is 7.19. The quantitative estimate of drug-likeness (QED) is 0.511. The van der Waals surface area contributed by atoms with E-state index in [4.69, 9.17) is 4.74 Å². The van der Waals surface area contributed by atoms with E-state index < -0.39 is 0 Å².